The number of fused-ring (bicyclic) bond motifs is 4. The number of pyridine rings is 1. The van der Waals surface area contributed by atoms with E-state index in [1.54, 1.807) is 13.2 Å². The standard InChI is InChI=1S/C25H30N4O2/c1-26-24-20(9-6-12-27-24)25(31)28-15-18-14-19(16-28)22(13-17-7-3-2-4-8-17)29-21(18)10-5-11-23(29)30/h2-4,6-9,12,18-19,21-22H,5,10-11,13-16H2,1H3,(H,26,27)/t18-,19+,21+,22+/m1/s1. The van der Waals surface area contributed by atoms with E-state index in [1.807, 2.05) is 23.1 Å². The second-order valence-corrected chi connectivity index (χ2v) is 9.13. The van der Waals surface area contributed by atoms with Crippen molar-refractivity contribution in [2.45, 2.75) is 44.2 Å². The summed E-state index contributed by atoms with van der Waals surface area (Å²) >= 11 is 0. The molecule has 0 unspecified atom stereocenters. The summed E-state index contributed by atoms with van der Waals surface area (Å²) in [6.07, 6.45) is 6.32. The average molecular weight is 419 g/mol. The third kappa shape index (κ3) is 3.68. The highest BCUT2D eigenvalue weighted by atomic mass is 16.2. The molecule has 0 radical (unpaired) electrons. The van der Waals surface area contributed by atoms with Gasteiger partial charge in [0.2, 0.25) is 5.91 Å². The Bertz CT molecular complexity index is 963. The minimum absolute atomic E-state index is 0.0428. The van der Waals surface area contributed by atoms with Crippen molar-refractivity contribution in [1.82, 2.24) is 14.8 Å². The van der Waals surface area contributed by atoms with E-state index in [0.29, 0.717) is 42.1 Å². The van der Waals surface area contributed by atoms with Crippen molar-refractivity contribution in [2.24, 2.45) is 11.8 Å². The number of hydrogen-bond donors (Lipinski definition) is 1. The van der Waals surface area contributed by atoms with Gasteiger partial charge < -0.3 is 15.1 Å². The molecule has 4 atom stereocenters. The van der Waals surface area contributed by atoms with Crippen LogP contribution in [0.3, 0.4) is 0 Å². The largest absolute Gasteiger partial charge is 0.372 e. The van der Waals surface area contributed by atoms with E-state index in [2.05, 4.69) is 39.5 Å². The molecule has 0 aliphatic carbocycles. The lowest BCUT2D eigenvalue weighted by Gasteiger charge is -2.56. The molecular formula is C25H30N4O2. The molecular weight excluding hydrogens is 388 g/mol. The molecule has 0 saturated carbocycles. The van der Waals surface area contributed by atoms with E-state index < -0.39 is 0 Å². The number of anilines is 1. The molecule has 0 spiro atoms. The van der Waals surface area contributed by atoms with Crippen molar-refractivity contribution in [3.8, 4) is 0 Å². The van der Waals surface area contributed by atoms with Crippen LogP contribution in [0.1, 0.15) is 41.6 Å². The van der Waals surface area contributed by atoms with Crippen LogP contribution in [-0.4, -0.2) is 58.8 Å². The molecule has 6 heteroatoms. The zero-order valence-corrected chi connectivity index (χ0v) is 18.0. The van der Waals surface area contributed by atoms with Crippen LogP contribution in [0.25, 0.3) is 0 Å². The molecule has 1 N–H and O–H groups in total. The number of carbonyl (C=O) groups is 2. The quantitative estimate of drug-likeness (QED) is 0.828. The Morgan fingerprint density at radius 3 is 2.74 bits per heavy atom. The number of hydrogen-bond acceptors (Lipinski definition) is 4. The highest BCUT2D eigenvalue weighted by Gasteiger charge is 2.50. The van der Waals surface area contributed by atoms with Gasteiger partial charge in [-0.15, -0.1) is 0 Å². The van der Waals surface area contributed by atoms with Gasteiger partial charge in [-0.25, -0.2) is 4.98 Å². The maximum absolute atomic E-state index is 13.5. The second-order valence-electron chi connectivity index (χ2n) is 9.13. The number of carbonyl (C=O) groups excluding carboxylic acids is 2. The molecule has 3 aliphatic heterocycles. The highest BCUT2D eigenvalue weighted by Crippen LogP contribution is 2.43. The Labute approximate surface area is 183 Å². The topological polar surface area (TPSA) is 65.5 Å². The van der Waals surface area contributed by atoms with Crippen molar-refractivity contribution >= 4 is 17.6 Å². The van der Waals surface area contributed by atoms with E-state index in [0.717, 1.165) is 32.2 Å². The fourth-order valence-electron chi connectivity index (χ4n) is 6.01. The molecule has 162 valence electrons. The summed E-state index contributed by atoms with van der Waals surface area (Å²) in [5.74, 6) is 1.63. The summed E-state index contributed by atoms with van der Waals surface area (Å²) in [5, 5.41) is 3.05. The molecule has 3 fully saturated rings. The van der Waals surface area contributed by atoms with Gasteiger partial charge in [0.1, 0.15) is 5.82 Å². The maximum Gasteiger partial charge on any atom is 0.257 e. The summed E-state index contributed by atoms with van der Waals surface area (Å²) < 4.78 is 0. The second kappa shape index (κ2) is 8.33. The summed E-state index contributed by atoms with van der Waals surface area (Å²) in [6.45, 7) is 1.42. The first-order valence-corrected chi connectivity index (χ1v) is 11.4. The van der Waals surface area contributed by atoms with Gasteiger partial charge in [-0.05, 0) is 55.2 Å². The summed E-state index contributed by atoms with van der Waals surface area (Å²) in [7, 11) is 1.80. The third-order valence-corrected chi connectivity index (χ3v) is 7.35. The van der Waals surface area contributed by atoms with E-state index in [9.17, 15) is 9.59 Å². The summed E-state index contributed by atoms with van der Waals surface area (Å²) in [6, 6.07) is 14.5. The number of nitrogens with zero attached hydrogens (tertiary/aromatic N) is 3. The molecule has 5 rings (SSSR count). The Morgan fingerprint density at radius 1 is 1.13 bits per heavy atom. The van der Waals surface area contributed by atoms with E-state index in [4.69, 9.17) is 0 Å². The lowest BCUT2D eigenvalue weighted by molar-refractivity contribution is -0.151. The van der Waals surface area contributed by atoms with Crippen LogP contribution < -0.4 is 5.32 Å². The van der Waals surface area contributed by atoms with Gasteiger partial charge >= 0.3 is 0 Å². The van der Waals surface area contributed by atoms with E-state index in [1.165, 1.54) is 5.56 Å². The number of piperidine rings is 3. The minimum Gasteiger partial charge on any atom is -0.372 e. The van der Waals surface area contributed by atoms with Crippen molar-refractivity contribution in [2.75, 3.05) is 25.5 Å². The Balaban J connectivity index is 1.45. The van der Waals surface area contributed by atoms with Crippen LogP contribution in [-0.2, 0) is 11.2 Å². The van der Waals surface area contributed by atoms with Crippen molar-refractivity contribution in [3.05, 3.63) is 59.8 Å². The molecule has 4 heterocycles. The number of amides is 2. The Kier molecular flexibility index (Phi) is 5.38. The van der Waals surface area contributed by atoms with E-state index >= 15 is 0 Å². The third-order valence-electron chi connectivity index (χ3n) is 7.35. The van der Waals surface area contributed by atoms with Crippen molar-refractivity contribution in [3.63, 3.8) is 0 Å². The Hall–Kier alpha value is -2.89. The van der Waals surface area contributed by atoms with Gasteiger partial charge in [0.15, 0.2) is 0 Å². The van der Waals surface area contributed by atoms with Gasteiger partial charge in [0, 0.05) is 44.8 Å². The predicted octanol–water partition coefficient (Wildman–Crippen LogP) is 3.21. The molecule has 2 amide bonds. The van der Waals surface area contributed by atoms with Crippen molar-refractivity contribution < 1.29 is 9.59 Å². The lowest BCUT2D eigenvalue weighted by atomic mass is 9.70. The highest BCUT2D eigenvalue weighted by molar-refractivity contribution is 5.98. The van der Waals surface area contributed by atoms with Crippen LogP contribution in [0, 0.1) is 11.8 Å². The first-order valence-electron chi connectivity index (χ1n) is 11.4. The van der Waals surface area contributed by atoms with Gasteiger partial charge in [-0.1, -0.05) is 30.3 Å². The fourth-order valence-corrected chi connectivity index (χ4v) is 6.01. The van der Waals surface area contributed by atoms with Crippen LogP contribution in [0.15, 0.2) is 48.7 Å². The van der Waals surface area contributed by atoms with Crippen LogP contribution >= 0.6 is 0 Å². The summed E-state index contributed by atoms with van der Waals surface area (Å²) in [4.78, 5) is 35.0. The normalized spacial score (nSPS) is 27.6. The number of nitrogens with one attached hydrogen (secondary N) is 1. The molecule has 1 aromatic heterocycles. The average Bonchev–Trinajstić information content (AvgIpc) is 2.82. The maximum atomic E-state index is 13.5. The van der Waals surface area contributed by atoms with Crippen molar-refractivity contribution in [1.29, 1.82) is 0 Å². The molecule has 1 aromatic carbocycles. The monoisotopic (exact) mass is 418 g/mol. The van der Waals surface area contributed by atoms with Gasteiger partial charge in [-0.3, -0.25) is 9.59 Å². The van der Waals surface area contributed by atoms with E-state index in [-0.39, 0.29) is 18.0 Å². The van der Waals surface area contributed by atoms with Crippen LogP contribution in [0.2, 0.25) is 0 Å². The molecule has 6 nitrogen and oxygen atoms in total. The summed E-state index contributed by atoms with van der Waals surface area (Å²) in [5.41, 5.74) is 1.89. The number of benzene rings is 1. The van der Waals surface area contributed by atoms with Gasteiger partial charge in [0.05, 0.1) is 5.56 Å². The molecule has 3 saturated heterocycles. The fraction of sp³-hybridized carbons (Fsp3) is 0.480. The first-order chi connectivity index (χ1) is 15.2. The smallest absolute Gasteiger partial charge is 0.257 e. The SMILES string of the molecule is CNc1ncccc1C(=O)N1C[C@H]2C[C@@H](C1)[C@H](Cc1ccccc1)N1C(=O)CCC[C@@H]21. The zero-order chi connectivity index (χ0) is 21.4. The lowest BCUT2D eigenvalue weighted by Crippen LogP contribution is -2.66. The molecule has 2 bridgehead atoms. The van der Waals surface area contributed by atoms with Gasteiger partial charge in [0.25, 0.3) is 5.91 Å². The molecule has 3 aliphatic rings. The van der Waals surface area contributed by atoms with Crippen LogP contribution in [0.4, 0.5) is 5.82 Å². The minimum atomic E-state index is 0.0428. The molecule has 2 aromatic rings. The predicted molar refractivity (Wildman–Crippen MR) is 120 cm³/mol. The van der Waals surface area contributed by atoms with Crippen LogP contribution in [0.5, 0.6) is 0 Å². The van der Waals surface area contributed by atoms with Gasteiger partial charge in [-0.2, -0.15) is 0 Å². The first kappa shape index (κ1) is 20.0. The zero-order valence-electron chi connectivity index (χ0n) is 18.0. The number of likely N-dealkylation sites (tertiary alicyclic amines) is 1. The molecule has 31 heavy (non-hydrogen) atoms. The Morgan fingerprint density at radius 2 is 1.94 bits per heavy atom. The number of aromatic nitrogens is 1. The number of rotatable bonds is 4.